The Hall–Kier alpha value is -6.42. The van der Waals surface area contributed by atoms with Gasteiger partial charge in [0.05, 0.1) is 67.5 Å². The number of esters is 1. The summed E-state index contributed by atoms with van der Waals surface area (Å²) in [5.41, 5.74) is 3.96. The normalized spacial score (nSPS) is 26.2. The average molecular weight is 1640 g/mol. The van der Waals surface area contributed by atoms with Gasteiger partial charge in [0, 0.05) is 79.5 Å². The Morgan fingerprint density at radius 1 is 0.730 bits per heavy atom. The summed E-state index contributed by atoms with van der Waals surface area (Å²) in [6, 6.07) is 42.5. The molecule has 0 amide bonds. The molecule has 111 heavy (non-hydrogen) atoms. The highest BCUT2D eigenvalue weighted by atomic mass is 79.9. The number of benzene rings is 4. The molecular formula is C88H116BrN2O17PSi2. The zero-order chi connectivity index (χ0) is 79.7. The van der Waals surface area contributed by atoms with Crippen molar-refractivity contribution in [1.82, 2.24) is 9.97 Å². The van der Waals surface area contributed by atoms with Gasteiger partial charge >= 0.3 is 13.6 Å². The number of nitrogens with zero attached hydrogens (tertiary/aromatic N) is 2. The lowest BCUT2D eigenvalue weighted by molar-refractivity contribution is -0.297. The molecule has 19 nitrogen and oxygen atoms in total. The average Bonchev–Trinajstić information content (AvgIpc) is 0.980. The fourth-order valence-corrected chi connectivity index (χ4v) is 27.1. The molecule has 4 aliphatic rings. The maximum atomic E-state index is 13.9. The first kappa shape index (κ1) is 87.0. The molecular weight excluding hydrogens is 1520 g/mol. The number of allylic oxidation sites excluding steroid dienone is 2. The van der Waals surface area contributed by atoms with E-state index < -0.39 is 84.7 Å². The SMILES string of the molecule is C=C1C[C@H](C[C@@H]2C[C@@H](O[Si](c3ccccc3)(c3ccccc3)C(C)(C)C)C[C@H](c3coc(/C=C/C[C@H]4O[C@@H](/C(C)=C/c5coc(C[C@]6(OC)C[C@H](OC)C[C@H]([C@@H](/C=C(C)/C=C/[C@@H](C/C=C/Br)OC)O[Si](c7ccccc7)(c7ccccc7)C(C)(C)C)O6)n5)[C@H](C)[C@@H](OC(=O)CP(=O)(OC)OC)[C@H]4C)n3)O2)O[C@@H](CC=O)C1. The van der Waals surface area contributed by atoms with Gasteiger partial charge in [0.2, 0.25) is 5.89 Å². The molecule has 0 N–H and O–H groups in total. The zero-order valence-electron chi connectivity index (χ0n) is 67.3. The summed E-state index contributed by atoms with van der Waals surface area (Å²) < 4.78 is 105. The van der Waals surface area contributed by atoms with E-state index in [4.69, 9.17) is 74.6 Å². The predicted molar refractivity (Wildman–Crippen MR) is 443 cm³/mol. The van der Waals surface area contributed by atoms with E-state index in [9.17, 15) is 14.2 Å². The van der Waals surface area contributed by atoms with E-state index in [0.717, 1.165) is 33.4 Å². The van der Waals surface area contributed by atoms with Crippen LogP contribution in [0.4, 0.5) is 0 Å². The first-order chi connectivity index (χ1) is 53.1. The Morgan fingerprint density at radius 2 is 1.34 bits per heavy atom. The molecule has 4 saturated heterocycles. The molecule has 600 valence electrons. The molecule has 0 saturated carbocycles. The van der Waals surface area contributed by atoms with Crippen molar-refractivity contribution in [3.8, 4) is 0 Å². The van der Waals surface area contributed by atoms with Gasteiger partial charge in [0.25, 0.3) is 16.6 Å². The summed E-state index contributed by atoms with van der Waals surface area (Å²) in [7, 11) is -2.47. The number of methoxy groups -OCH3 is 3. The minimum absolute atomic E-state index is 0.125. The molecule has 4 fully saturated rings. The molecule has 6 aromatic rings. The number of carbonyl (C=O) groups excluding carboxylic acids is 2. The Labute approximate surface area is 668 Å². The second-order valence-corrected chi connectivity index (χ2v) is 43.4. The quantitative estimate of drug-likeness (QED) is 0.00917. The lowest BCUT2D eigenvalue weighted by Gasteiger charge is -2.49. The maximum Gasteiger partial charge on any atom is 0.341 e. The van der Waals surface area contributed by atoms with Crippen molar-refractivity contribution in [2.75, 3.05) is 41.7 Å². The van der Waals surface area contributed by atoms with E-state index in [1.54, 1.807) is 33.9 Å². The molecule has 0 radical (unpaired) electrons. The number of halogens is 1. The van der Waals surface area contributed by atoms with Crippen LogP contribution >= 0.6 is 23.5 Å². The Morgan fingerprint density at radius 3 is 1.91 bits per heavy atom. The van der Waals surface area contributed by atoms with Gasteiger partial charge in [-0.3, -0.25) is 9.36 Å². The van der Waals surface area contributed by atoms with Gasteiger partial charge in [-0.25, -0.2) is 9.97 Å². The van der Waals surface area contributed by atoms with E-state index in [1.807, 2.05) is 74.3 Å². The number of hydrogen-bond donors (Lipinski definition) is 0. The number of hydrogen-bond acceptors (Lipinski definition) is 19. The second kappa shape index (κ2) is 39.3. The number of rotatable bonds is 34. The van der Waals surface area contributed by atoms with Gasteiger partial charge in [-0.2, -0.15) is 0 Å². The number of aromatic nitrogens is 2. The first-order valence-electron chi connectivity index (χ1n) is 38.8. The Kier molecular flexibility index (Phi) is 30.8. The van der Waals surface area contributed by atoms with Crippen molar-refractivity contribution in [3.63, 3.8) is 0 Å². The Balaban J connectivity index is 0.915. The van der Waals surface area contributed by atoms with Crippen LogP contribution in [0.3, 0.4) is 0 Å². The number of aldehydes is 1. The van der Waals surface area contributed by atoms with Gasteiger partial charge in [-0.05, 0) is 99.5 Å². The van der Waals surface area contributed by atoms with Gasteiger partial charge < -0.3 is 69.4 Å². The van der Waals surface area contributed by atoms with Crippen molar-refractivity contribution < 1.29 is 78.8 Å². The van der Waals surface area contributed by atoms with E-state index in [-0.39, 0.29) is 59.0 Å². The van der Waals surface area contributed by atoms with Crippen LogP contribution in [0.5, 0.6) is 0 Å². The Bertz CT molecular complexity index is 4090. The molecule has 0 spiro atoms. The summed E-state index contributed by atoms with van der Waals surface area (Å²) in [6.45, 7) is 26.0. The fourth-order valence-electron chi connectivity index (χ4n) is 16.7. The molecule has 6 heterocycles. The zero-order valence-corrected chi connectivity index (χ0v) is 71.8. The van der Waals surface area contributed by atoms with E-state index >= 15 is 0 Å². The van der Waals surface area contributed by atoms with Gasteiger partial charge in [-0.1, -0.05) is 241 Å². The van der Waals surface area contributed by atoms with Crippen LogP contribution in [-0.2, 0) is 76.4 Å². The smallest absolute Gasteiger partial charge is 0.341 e. The van der Waals surface area contributed by atoms with Crippen LogP contribution in [0, 0.1) is 11.8 Å². The van der Waals surface area contributed by atoms with Crippen LogP contribution < -0.4 is 20.7 Å². The van der Waals surface area contributed by atoms with Crippen LogP contribution in [0.2, 0.25) is 10.1 Å². The summed E-state index contributed by atoms with van der Waals surface area (Å²) in [5, 5.41) is 3.98. The van der Waals surface area contributed by atoms with Crippen molar-refractivity contribution in [2.24, 2.45) is 11.8 Å². The van der Waals surface area contributed by atoms with Crippen molar-refractivity contribution in [3.05, 3.63) is 216 Å². The third-order valence-electron chi connectivity index (χ3n) is 22.3. The third kappa shape index (κ3) is 21.6. The van der Waals surface area contributed by atoms with Gasteiger partial charge in [-0.15, -0.1) is 0 Å². The van der Waals surface area contributed by atoms with E-state index in [1.165, 1.54) is 24.6 Å². The van der Waals surface area contributed by atoms with E-state index in [0.29, 0.717) is 87.4 Å². The predicted octanol–water partition coefficient (Wildman–Crippen LogP) is 16.7. The van der Waals surface area contributed by atoms with Crippen molar-refractivity contribution in [2.45, 2.75) is 229 Å². The summed E-state index contributed by atoms with van der Waals surface area (Å²) in [4.78, 5) is 37.6. The van der Waals surface area contributed by atoms with Crippen LogP contribution in [0.1, 0.15) is 163 Å². The number of ether oxygens (including phenoxy) is 8. The van der Waals surface area contributed by atoms with E-state index in [2.05, 4.69) is 186 Å². The number of oxazole rings is 2. The minimum atomic E-state index is -3.79. The molecule has 0 aliphatic carbocycles. The lowest BCUT2D eigenvalue weighted by atomic mass is 9.79. The van der Waals surface area contributed by atoms with Gasteiger partial charge in [0.1, 0.15) is 48.6 Å². The highest BCUT2D eigenvalue weighted by molar-refractivity contribution is 9.11. The second-order valence-electron chi connectivity index (χ2n) is 32.1. The third-order valence-corrected chi connectivity index (χ3v) is 34.5. The topological polar surface area (TPSA) is 214 Å². The van der Waals surface area contributed by atoms with Crippen molar-refractivity contribution >= 4 is 85.3 Å². The maximum absolute atomic E-state index is 13.9. The van der Waals surface area contributed by atoms with Crippen LogP contribution in [-0.4, -0.2) is 153 Å². The molecule has 15 atom stereocenters. The first-order valence-corrected chi connectivity index (χ1v) is 45.3. The molecule has 4 aromatic carbocycles. The molecule has 4 aliphatic heterocycles. The summed E-state index contributed by atoms with van der Waals surface area (Å²) in [5.74, 6) is -2.04. The van der Waals surface area contributed by atoms with Crippen molar-refractivity contribution in [1.29, 1.82) is 0 Å². The summed E-state index contributed by atoms with van der Waals surface area (Å²) >= 11 is 3.41. The minimum Gasteiger partial charge on any atom is -0.461 e. The van der Waals surface area contributed by atoms with Crippen LogP contribution in [0.25, 0.3) is 12.2 Å². The standard InChI is InChI=1S/C88H116BrN2O17PSi2/c1-60(42-43-66(95-12)31-30-45-89)49-80(108-111(87(9,10)11,74-36-25-19-26-37-74)75-38-27-20-28-39-75)79-54-71(96-13)55-88(97-14,106-79)56-82-90-65(57-100-82)50-62(3)84-64(5)85(105-83(93)59-109(94,98-15)99-16)63(4)77(104-84)40-29-41-81-91-76(58-101-81)78-53-70(52-69(103-78)51-68-48-61(2)47-67(102-68)44-46-92)107-110(86(6,7)8,72-32-21-17-22-33-72)73-34-23-18-24-35-73/h17-30,32-39,41-43,45-46,49-50,57-58,63-64,66-71,77-80,84-85H,2,31,40,44,47-48,51-56,59H2,1,3-16H3/b41-29+,43-42+,45-30+,60-49+,62-50+/t63-,64-,66+,67-,68+,69+,70+,71+,77+,78+,79+,80+,84-,85-,88-/m0/s1. The molecule has 23 heteroatoms. The highest BCUT2D eigenvalue weighted by Gasteiger charge is 2.56. The molecule has 0 bridgehead atoms. The van der Waals surface area contributed by atoms with Gasteiger partial charge in [0.15, 0.2) is 11.7 Å². The monoisotopic (exact) mass is 1640 g/mol. The van der Waals surface area contributed by atoms with Crippen LogP contribution in [0.15, 0.2) is 201 Å². The largest absolute Gasteiger partial charge is 0.461 e. The summed E-state index contributed by atoms with van der Waals surface area (Å²) in [6.07, 6.45) is 18.1. The lowest BCUT2D eigenvalue weighted by Crippen LogP contribution is -2.69. The molecule has 2 aromatic heterocycles. The fraction of sp³-hybridized carbons (Fsp3) is 0.500. The number of carbonyl (C=O) groups is 2. The highest BCUT2D eigenvalue weighted by Crippen LogP contribution is 2.48. The molecule has 10 rings (SSSR count). The molecule has 0 unspecified atom stereocenters.